The highest BCUT2D eigenvalue weighted by Crippen LogP contribution is 2.37. The lowest BCUT2D eigenvalue weighted by molar-refractivity contribution is -0.193. The fourth-order valence-corrected chi connectivity index (χ4v) is 4.85. The number of halogens is 3. The van der Waals surface area contributed by atoms with Crippen molar-refractivity contribution in [1.82, 2.24) is 20.3 Å². The van der Waals surface area contributed by atoms with E-state index in [2.05, 4.69) is 50.4 Å². The standard InChI is InChI=1S/C17H17ClFNO4.C9H13ClN6.C3H8NO5P.C3H9S/c1-9(2)15-16(21)20(17(22)24-15)13-8-14(11(18)7-12(13)19)23-10-5-3-4-6-10;1-4-12-7-13-6(10)14-8(15-7)16-9(2,3)5-11;5-3(6)1-4-2-10(7,8)9;1-4(2)3/h7-8,10H,3-6H2,1-2H3;4H2,1-3H3,(H2,12,13,14,15,16);4H,1-2H2,(H,5,6)(H2,7,8,9);1-3H3/q;;;+1/p-1. The predicted octanol–water partition coefficient (Wildman–Crippen LogP) is 4.91. The highest BCUT2D eigenvalue weighted by atomic mass is 35.5. The van der Waals surface area contributed by atoms with E-state index < -0.39 is 49.8 Å². The molecule has 2 heterocycles. The summed E-state index contributed by atoms with van der Waals surface area (Å²) in [6, 6.07) is 4.41. The monoisotopic (exact) mass is 838 g/mol. The summed E-state index contributed by atoms with van der Waals surface area (Å²) in [6.45, 7) is 8.83. The molecule has 54 heavy (non-hydrogen) atoms. The topological polar surface area (TPSA) is 252 Å². The number of aromatic nitrogens is 3. The lowest BCUT2D eigenvalue weighted by atomic mass is 10.1. The van der Waals surface area contributed by atoms with Crippen molar-refractivity contribution in [2.24, 2.45) is 0 Å². The van der Waals surface area contributed by atoms with Crippen molar-refractivity contribution < 1.29 is 47.7 Å². The van der Waals surface area contributed by atoms with E-state index in [1.54, 1.807) is 27.7 Å². The Hall–Kier alpha value is -3.76. The van der Waals surface area contributed by atoms with E-state index in [1.165, 1.54) is 6.07 Å². The zero-order valence-corrected chi connectivity index (χ0v) is 34.4. The van der Waals surface area contributed by atoms with Crippen molar-refractivity contribution in [2.45, 2.75) is 71.9 Å². The van der Waals surface area contributed by atoms with Crippen LogP contribution in [-0.2, 0) is 29.8 Å². The molecular weight excluding hydrogens is 793 g/mol. The molecule has 22 heteroatoms. The number of aliphatic carboxylic acids is 1. The number of benzene rings is 1. The van der Waals surface area contributed by atoms with Gasteiger partial charge in [-0.1, -0.05) is 11.6 Å². The van der Waals surface area contributed by atoms with E-state index in [0.717, 1.165) is 31.7 Å². The largest absolute Gasteiger partial charge is 0.778 e. The summed E-state index contributed by atoms with van der Waals surface area (Å²) < 4.78 is 35.0. The minimum Gasteiger partial charge on any atom is -0.778 e. The minimum absolute atomic E-state index is 0.00962. The van der Waals surface area contributed by atoms with Crippen LogP contribution in [0.5, 0.6) is 5.75 Å². The number of anilines is 3. The molecule has 1 saturated heterocycles. The molecule has 17 nitrogen and oxygen atoms in total. The van der Waals surface area contributed by atoms with Gasteiger partial charge in [-0.3, -0.25) is 14.9 Å². The van der Waals surface area contributed by atoms with Crippen molar-refractivity contribution >= 4 is 77.2 Å². The van der Waals surface area contributed by atoms with Crippen LogP contribution in [0.15, 0.2) is 23.5 Å². The van der Waals surface area contributed by atoms with Gasteiger partial charge in [-0.15, -0.1) is 0 Å². The van der Waals surface area contributed by atoms with Gasteiger partial charge in [0.05, 0.1) is 54.5 Å². The number of nitrogens with one attached hydrogen (secondary N) is 3. The lowest BCUT2D eigenvalue weighted by Crippen LogP contribution is -2.29. The number of hydrogen-bond donors (Lipinski definition) is 5. The Labute approximate surface area is 326 Å². The Morgan fingerprint density at radius 1 is 1.19 bits per heavy atom. The van der Waals surface area contributed by atoms with E-state index in [4.69, 9.17) is 47.9 Å². The summed E-state index contributed by atoms with van der Waals surface area (Å²) >= 11 is 11.8. The number of nitrogens with zero attached hydrogens (tertiary/aromatic N) is 5. The average molecular weight is 840 g/mol. The van der Waals surface area contributed by atoms with Gasteiger partial charge in [0, 0.05) is 12.6 Å². The number of carbonyl (C=O) groups is 3. The molecule has 5 N–H and O–H groups in total. The maximum absolute atomic E-state index is 14.3. The normalized spacial score (nSPS) is 15.0. The Kier molecular flexibility index (Phi) is 20.2. The molecule has 1 aromatic carbocycles. The molecule has 2 fully saturated rings. The van der Waals surface area contributed by atoms with Crippen molar-refractivity contribution in [3.05, 3.63) is 39.6 Å². The maximum atomic E-state index is 14.3. The number of imide groups is 1. The van der Waals surface area contributed by atoms with Gasteiger partial charge in [0.1, 0.15) is 24.7 Å². The van der Waals surface area contributed by atoms with E-state index in [-0.39, 0.29) is 39.6 Å². The van der Waals surface area contributed by atoms with Crippen molar-refractivity contribution in [3.63, 3.8) is 0 Å². The molecule has 1 atom stereocenters. The molecule has 0 bridgehead atoms. The van der Waals surface area contributed by atoms with Crippen LogP contribution in [-0.4, -0.2) is 92.7 Å². The first-order chi connectivity index (χ1) is 25.0. The number of carboxylic acid groups (broad SMARTS) is 1. The highest BCUT2D eigenvalue weighted by Gasteiger charge is 2.40. The fraction of sp³-hybridized carbons (Fsp3) is 0.531. The molecule has 2 aromatic rings. The molecule has 1 aliphatic carbocycles. The molecule has 300 valence electrons. The summed E-state index contributed by atoms with van der Waals surface area (Å²) in [5.41, 5.74) is -0.444. The Balaban J connectivity index is 0.000000419. The van der Waals surface area contributed by atoms with Gasteiger partial charge in [-0.2, -0.15) is 20.2 Å². The second-order valence-electron chi connectivity index (χ2n) is 12.6. The highest BCUT2D eigenvalue weighted by molar-refractivity contribution is 7.94. The van der Waals surface area contributed by atoms with Gasteiger partial charge < -0.3 is 39.6 Å². The van der Waals surface area contributed by atoms with E-state index in [9.17, 15) is 28.2 Å². The molecular formula is C32H46Cl2FN8O9PS. The first-order valence-corrected chi connectivity index (χ1v) is 21.2. The summed E-state index contributed by atoms with van der Waals surface area (Å²) in [7, 11) is -3.71. The second-order valence-corrected chi connectivity index (χ2v) is 17.4. The number of allylic oxidation sites excluding steroid dienone is 1. The number of carboxylic acids is 1. The Bertz CT molecular complexity index is 1730. The van der Waals surface area contributed by atoms with Gasteiger partial charge in [-0.05, 0) is 94.4 Å². The molecule has 0 radical (unpaired) electrons. The van der Waals surface area contributed by atoms with Gasteiger partial charge in [0.25, 0.3) is 0 Å². The van der Waals surface area contributed by atoms with Crippen molar-refractivity contribution in [3.8, 4) is 11.8 Å². The maximum Gasteiger partial charge on any atom is 0.427 e. The molecule has 4 rings (SSSR count). The van der Waals surface area contributed by atoms with Crippen LogP contribution < -0.4 is 30.5 Å². The van der Waals surface area contributed by atoms with E-state index in [0.29, 0.717) is 33.9 Å². The third kappa shape index (κ3) is 18.0. The number of cyclic esters (lactones) is 1. The number of hydrogen-bond acceptors (Lipinski definition) is 14. The molecule has 2 aliphatic rings. The molecule has 1 saturated carbocycles. The van der Waals surface area contributed by atoms with Crippen LogP contribution in [0, 0.1) is 17.1 Å². The molecule has 2 amide bonds. The number of carbonyl (C=O) groups excluding carboxylic acids is 2. The van der Waals surface area contributed by atoms with Crippen molar-refractivity contribution in [1.29, 1.82) is 5.26 Å². The second kappa shape index (κ2) is 22.6. The number of ether oxygens (including phenoxy) is 2. The number of amides is 2. The Morgan fingerprint density at radius 3 is 2.24 bits per heavy atom. The van der Waals surface area contributed by atoms with Gasteiger partial charge >= 0.3 is 18.0 Å². The van der Waals surface area contributed by atoms with Crippen LogP contribution in [0.25, 0.3) is 0 Å². The first kappa shape index (κ1) is 48.3. The Morgan fingerprint density at radius 2 is 1.76 bits per heavy atom. The quantitative estimate of drug-likeness (QED) is 0.115. The summed E-state index contributed by atoms with van der Waals surface area (Å²) in [5.74, 6) is -1.83. The first-order valence-electron chi connectivity index (χ1n) is 16.2. The summed E-state index contributed by atoms with van der Waals surface area (Å²) in [5, 5.41) is 24.8. The van der Waals surface area contributed by atoms with Crippen LogP contribution in [0.3, 0.4) is 0 Å². The van der Waals surface area contributed by atoms with Gasteiger partial charge in [0.2, 0.25) is 17.2 Å². The van der Waals surface area contributed by atoms with Gasteiger partial charge in [0.15, 0.2) is 5.76 Å². The lowest BCUT2D eigenvalue weighted by Gasteiger charge is -2.18. The zero-order chi connectivity index (χ0) is 41.4. The van der Waals surface area contributed by atoms with E-state index in [1.807, 2.05) is 12.2 Å². The van der Waals surface area contributed by atoms with Crippen LogP contribution in [0.4, 0.5) is 26.8 Å². The number of rotatable bonds is 11. The number of nitriles is 1. The summed E-state index contributed by atoms with van der Waals surface area (Å²) in [6.07, 6.45) is 8.87. The van der Waals surface area contributed by atoms with Crippen LogP contribution in [0.2, 0.25) is 10.3 Å². The predicted molar refractivity (Wildman–Crippen MR) is 204 cm³/mol. The van der Waals surface area contributed by atoms with E-state index >= 15 is 0 Å². The van der Waals surface area contributed by atoms with Gasteiger partial charge in [-0.25, -0.2) is 14.1 Å². The van der Waals surface area contributed by atoms with Crippen LogP contribution in [0.1, 0.15) is 60.3 Å². The van der Waals surface area contributed by atoms with Crippen LogP contribution >= 0.6 is 30.8 Å². The molecule has 1 aliphatic heterocycles. The smallest absolute Gasteiger partial charge is 0.427 e. The minimum atomic E-state index is -4.35. The third-order valence-corrected chi connectivity index (χ3v) is 7.38. The summed E-state index contributed by atoms with van der Waals surface area (Å²) in [4.78, 5) is 64.6. The third-order valence-electron chi connectivity index (χ3n) is 6.30. The SMILES string of the molecule is CC(C)=C1OC(=O)N(c2cc(OC3CCCC3)c(Cl)cc2F)C1=O.CCNc1nc(Cl)nc(NC(C)(C)C#N)n1.C[S+](C)C.O=C(O)CNCP(=O)([O-])O. The molecule has 1 aromatic heterocycles. The average Bonchev–Trinajstić information content (AvgIpc) is 3.65. The zero-order valence-electron chi connectivity index (χ0n) is 31.2. The fourth-order valence-electron chi connectivity index (χ4n) is 4.11. The molecule has 1 unspecified atom stereocenters. The van der Waals surface area contributed by atoms with Crippen molar-refractivity contribution in [2.75, 3.05) is 53.7 Å². The molecule has 0 spiro atoms.